The number of nitrogens with two attached hydrogens (primary N) is 1. The van der Waals surface area contributed by atoms with Crippen LogP contribution < -0.4 is 11.1 Å². The molecule has 0 fully saturated rings. The van der Waals surface area contributed by atoms with Gasteiger partial charge in [0, 0.05) is 25.0 Å². The van der Waals surface area contributed by atoms with Gasteiger partial charge in [-0.05, 0) is 25.0 Å². The van der Waals surface area contributed by atoms with Crippen LogP contribution in [0.25, 0.3) is 0 Å². The van der Waals surface area contributed by atoms with Crippen molar-refractivity contribution >= 4 is 5.91 Å². The third-order valence-electron chi connectivity index (χ3n) is 3.32. The molecule has 1 rings (SSSR count). The van der Waals surface area contributed by atoms with E-state index in [1.54, 1.807) is 0 Å². The fourth-order valence-electron chi connectivity index (χ4n) is 1.84. The Hall–Kier alpha value is -1.29. The lowest BCUT2D eigenvalue weighted by molar-refractivity contribution is -0.126. The molecular formula is C13H23N3O. The molecule has 0 bridgehead atoms. The van der Waals surface area contributed by atoms with E-state index < -0.39 is 0 Å². The predicted octanol–water partition coefficient (Wildman–Crippen LogP) is 1.18. The second-order valence-corrected chi connectivity index (χ2v) is 4.83. The zero-order valence-electron chi connectivity index (χ0n) is 11.2. The Morgan fingerprint density at radius 2 is 2.12 bits per heavy atom. The lowest BCUT2D eigenvalue weighted by atomic mass is 9.95. The molecule has 0 aliphatic rings. The molecular weight excluding hydrogens is 214 g/mol. The quantitative estimate of drug-likeness (QED) is 0.808. The van der Waals surface area contributed by atoms with Gasteiger partial charge in [0.1, 0.15) is 0 Å². The van der Waals surface area contributed by atoms with E-state index in [9.17, 15) is 4.79 Å². The molecule has 1 atom stereocenters. The molecule has 96 valence electrons. The smallest absolute Gasteiger partial charge is 0.224 e. The molecule has 0 aromatic carbocycles. The number of aryl methyl sites for hydroxylation is 1. The van der Waals surface area contributed by atoms with Gasteiger partial charge in [-0.1, -0.05) is 13.8 Å². The number of carbonyl (C=O) groups is 1. The lowest BCUT2D eigenvalue weighted by Gasteiger charge is -2.18. The molecule has 1 aromatic heterocycles. The van der Waals surface area contributed by atoms with Gasteiger partial charge < -0.3 is 15.6 Å². The summed E-state index contributed by atoms with van der Waals surface area (Å²) >= 11 is 0. The highest BCUT2D eigenvalue weighted by molar-refractivity contribution is 5.79. The van der Waals surface area contributed by atoms with Crippen molar-refractivity contribution in [3.8, 4) is 0 Å². The molecule has 1 heterocycles. The van der Waals surface area contributed by atoms with Gasteiger partial charge in [-0.3, -0.25) is 4.79 Å². The van der Waals surface area contributed by atoms with Crippen LogP contribution in [0.5, 0.6) is 0 Å². The summed E-state index contributed by atoms with van der Waals surface area (Å²) in [5, 5.41) is 2.95. The standard InChI is InChI=1S/C13H23N3O/c1-9(2)12(7-14)13(17)15-8-11-6-5-10(3)16(11)4/h5-6,9,12H,7-8,14H2,1-4H3,(H,15,17). The van der Waals surface area contributed by atoms with Crippen LogP contribution in [0.3, 0.4) is 0 Å². The van der Waals surface area contributed by atoms with Crippen LogP contribution in [0.15, 0.2) is 12.1 Å². The van der Waals surface area contributed by atoms with Crippen LogP contribution in [0.2, 0.25) is 0 Å². The minimum Gasteiger partial charge on any atom is -0.350 e. The van der Waals surface area contributed by atoms with Crippen molar-refractivity contribution in [2.75, 3.05) is 6.54 Å². The van der Waals surface area contributed by atoms with Crippen molar-refractivity contribution in [3.63, 3.8) is 0 Å². The van der Waals surface area contributed by atoms with Crippen molar-refractivity contribution in [2.24, 2.45) is 24.6 Å². The monoisotopic (exact) mass is 237 g/mol. The fraction of sp³-hybridized carbons (Fsp3) is 0.615. The lowest BCUT2D eigenvalue weighted by Crippen LogP contribution is -2.37. The summed E-state index contributed by atoms with van der Waals surface area (Å²) in [6.07, 6.45) is 0. The molecule has 0 aliphatic carbocycles. The highest BCUT2D eigenvalue weighted by atomic mass is 16.1. The van der Waals surface area contributed by atoms with E-state index in [1.807, 2.05) is 40.0 Å². The zero-order chi connectivity index (χ0) is 13.0. The Bertz CT molecular complexity index is 382. The topological polar surface area (TPSA) is 60.1 Å². The van der Waals surface area contributed by atoms with Crippen molar-refractivity contribution < 1.29 is 4.79 Å². The van der Waals surface area contributed by atoms with Gasteiger partial charge in [0.2, 0.25) is 5.91 Å². The molecule has 1 unspecified atom stereocenters. The minimum absolute atomic E-state index is 0.0429. The summed E-state index contributed by atoms with van der Waals surface area (Å²) in [7, 11) is 2.00. The first kappa shape index (κ1) is 13.8. The zero-order valence-corrected chi connectivity index (χ0v) is 11.2. The highest BCUT2D eigenvalue weighted by Gasteiger charge is 2.20. The number of hydrogen-bond acceptors (Lipinski definition) is 2. The molecule has 4 heteroatoms. The predicted molar refractivity (Wildman–Crippen MR) is 69.4 cm³/mol. The van der Waals surface area contributed by atoms with E-state index >= 15 is 0 Å². The van der Waals surface area contributed by atoms with Crippen molar-refractivity contribution in [1.82, 2.24) is 9.88 Å². The van der Waals surface area contributed by atoms with Gasteiger partial charge in [-0.25, -0.2) is 0 Å². The van der Waals surface area contributed by atoms with Crippen LogP contribution >= 0.6 is 0 Å². The molecule has 0 saturated carbocycles. The molecule has 17 heavy (non-hydrogen) atoms. The summed E-state index contributed by atoms with van der Waals surface area (Å²) in [4.78, 5) is 11.9. The van der Waals surface area contributed by atoms with E-state index in [-0.39, 0.29) is 17.7 Å². The SMILES string of the molecule is Cc1ccc(CNC(=O)C(CN)C(C)C)n1C. The summed E-state index contributed by atoms with van der Waals surface area (Å²) in [6, 6.07) is 4.08. The van der Waals surface area contributed by atoms with Crippen LogP contribution in [-0.2, 0) is 18.4 Å². The normalized spacial score (nSPS) is 12.8. The molecule has 0 spiro atoms. The number of rotatable bonds is 5. The van der Waals surface area contributed by atoms with Crippen molar-refractivity contribution in [2.45, 2.75) is 27.3 Å². The summed E-state index contributed by atoms with van der Waals surface area (Å²) in [6.45, 7) is 7.04. The van der Waals surface area contributed by atoms with Crippen LogP contribution in [0.1, 0.15) is 25.2 Å². The highest BCUT2D eigenvalue weighted by Crippen LogP contribution is 2.10. The fourth-order valence-corrected chi connectivity index (χ4v) is 1.84. The maximum absolute atomic E-state index is 11.9. The third-order valence-corrected chi connectivity index (χ3v) is 3.32. The number of carbonyl (C=O) groups excluding carboxylic acids is 1. The van der Waals surface area contributed by atoms with Gasteiger partial charge >= 0.3 is 0 Å². The Labute approximate surface area is 103 Å². The molecule has 0 saturated heterocycles. The van der Waals surface area contributed by atoms with Crippen LogP contribution in [0, 0.1) is 18.8 Å². The molecule has 4 nitrogen and oxygen atoms in total. The third kappa shape index (κ3) is 3.33. The minimum atomic E-state index is -0.101. The molecule has 3 N–H and O–H groups in total. The maximum atomic E-state index is 11.9. The maximum Gasteiger partial charge on any atom is 0.224 e. The van der Waals surface area contributed by atoms with Gasteiger partial charge in [0.15, 0.2) is 0 Å². The van der Waals surface area contributed by atoms with Gasteiger partial charge in [0.25, 0.3) is 0 Å². The molecule has 1 aromatic rings. The molecule has 0 aliphatic heterocycles. The second kappa shape index (κ2) is 5.87. The molecule has 0 radical (unpaired) electrons. The molecule has 1 amide bonds. The van der Waals surface area contributed by atoms with Gasteiger partial charge in [-0.15, -0.1) is 0 Å². The average molecular weight is 237 g/mol. The number of amides is 1. The van der Waals surface area contributed by atoms with Crippen LogP contribution in [-0.4, -0.2) is 17.0 Å². The van der Waals surface area contributed by atoms with E-state index in [4.69, 9.17) is 5.73 Å². The van der Waals surface area contributed by atoms with Gasteiger partial charge in [-0.2, -0.15) is 0 Å². The van der Waals surface area contributed by atoms with E-state index in [0.717, 1.165) is 5.69 Å². The van der Waals surface area contributed by atoms with Crippen LogP contribution in [0.4, 0.5) is 0 Å². The number of nitrogens with one attached hydrogen (secondary N) is 1. The van der Waals surface area contributed by atoms with E-state index in [2.05, 4.69) is 9.88 Å². The Kier molecular flexibility index (Phi) is 4.75. The summed E-state index contributed by atoms with van der Waals surface area (Å²) in [5.74, 6) is 0.216. The first-order valence-corrected chi connectivity index (χ1v) is 6.06. The summed E-state index contributed by atoms with van der Waals surface area (Å²) < 4.78 is 2.08. The average Bonchev–Trinajstić information content (AvgIpc) is 2.57. The Balaban J connectivity index is 2.56. The van der Waals surface area contributed by atoms with Crippen molar-refractivity contribution in [3.05, 3.63) is 23.5 Å². The number of aromatic nitrogens is 1. The first-order chi connectivity index (χ1) is 7.97. The first-order valence-electron chi connectivity index (χ1n) is 6.06. The van der Waals surface area contributed by atoms with E-state index in [0.29, 0.717) is 13.1 Å². The second-order valence-electron chi connectivity index (χ2n) is 4.83. The Morgan fingerprint density at radius 1 is 1.47 bits per heavy atom. The van der Waals surface area contributed by atoms with Gasteiger partial charge in [0.05, 0.1) is 12.5 Å². The largest absolute Gasteiger partial charge is 0.350 e. The number of hydrogen-bond donors (Lipinski definition) is 2. The number of nitrogens with zero attached hydrogens (tertiary/aromatic N) is 1. The van der Waals surface area contributed by atoms with Crippen molar-refractivity contribution in [1.29, 1.82) is 0 Å². The Morgan fingerprint density at radius 3 is 2.53 bits per heavy atom. The summed E-state index contributed by atoms with van der Waals surface area (Å²) in [5.41, 5.74) is 7.91. The van der Waals surface area contributed by atoms with E-state index in [1.165, 1.54) is 5.69 Å².